The number of carbonyl (C=O) groups excluding carboxylic acids is 1. The van der Waals surface area contributed by atoms with Gasteiger partial charge in [-0.05, 0) is 44.0 Å². The number of benzene rings is 2. The lowest BCUT2D eigenvalue weighted by Gasteiger charge is -2.26. The molecule has 0 unspecified atom stereocenters. The maximum atomic E-state index is 13.3. The fraction of sp³-hybridized carbons (Fsp3) is 0.391. The van der Waals surface area contributed by atoms with Crippen molar-refractivity contribution in [2.24, 2.45) is 0 Å². The summed E-state index contributed by atoms with van der Waals surface area (Å²) in [7, 11) is 0. The fourth-order valence-electron chi connectivity index (χ4n) is 3.96. The van der Waals surface area contributed by atoms with Crippen molar-refractivity contribution in [3.63, 3.8) is 0 Å². The van der Waals surface area contributed by atoms with Gasteiger partial charge >= 0.3 is 0 Å². The van der Waals surface area contributed by atoms with E-state index in [1.54, 1.807) is 0 Å². The van der Waals surface area contributed by atoms with Gasteiger partial charge in [-0.2, -0.15) is 0 Å². The van der Waals surface area contributed by atoms with Crippen LogP contribution in [0.15, 0.2) is 54.6 Å². The van der Waals surface area contributed by atoms with Gasteiger partial charge in [0, 0.05) is 13.1 Å². The van der Waals surface area contributed by atoms with Crippen molar-refractivity contribution in [2.75, 3.05) is 13.1 Å². The molecule has 1 aromatic heterocycles. The molecule has 4 rings (SSSR count). The van der Waals surface area contributed by atoms with Crippen LogP contribution in [0, 0.1) is 0 Å². The summed E-state index contributed by atoms with van der Waals surface area (Å²) in [5, 5.41) is 0. The molecule has 0 N–H and O–H groups in total. The van der Waals surface area contributed by atoms with E-state index in [2.05, 4.69) is 0 Å². The minimum atomic E-state index is -0.306. The quantitative estimate of drug-likeness (QED) is 0.654. The third-order valence-corrected chi connectivity index (χ3v) is 5.44. The van der Waals surface area contributed by atoms with Crippen LogP contribution in [0.1, 0.15) is 44.5 Å². The van der Waals surface area contributed by atoms with E-state index < -0.39 is 0 Å². The van der Waals surface area contributed by atoms with Crippen molar-refractivity contribution < 1.29 is 9.53 Å². The predicted molar refractivity (Wildman–Crippen MR) is 110 cm³/mol. The first-order valence-electron chi connectivity index (χ1n) is 10.2. The van der Waals surface area contributed by atoms with Crippen LogP contribution in [0.5, 0.6) is 5.75 Å². The molecule has 1 atom stereocenters. The number of amides is 1. The van der Waals surface area contributed by atoms with Gasteiger partial charge in [0.1, 0.15) is 24.2 Å². The Hall–Kier alpha value is -2.82. The smallest absolute Gasteiger partial charge is 0.245 e. The maximum Gasteiger partial charge on any atom is 0.245 e. The van der Waals surface area contributed by atoms with Crippen LogP contribution in [-0.2, 0) is 11.4 Å². The number of likely N-dealkylation sites (tertiary alicyclic amines) is 1. The molecule has 5 heteroatoms. The first kappa shape index (κ1) is 18.5. The summed E-state index contributed by atoms with van der Waals surface area (Å²) < 4.78 is 8.00. The third kappa shape index (κ3) is 3.88. The third-order valence-electron chi connectivity index (χ3n) is 5.44. The number of ether oxygens (including phenoxy) is 1. The zero-order valence-corrected chi connectivity index (χ0v) is 16.4. The number of carbonyl (C=O) groups is 1. The molecule has 5 nitrogen and oxygen atoms in total. The van der Waals surface area contributed by atoms with Crippen LogP contribution in [0.3, 0.4) is 0 Å². The van der Waals surface area contributed by atoms with Crippen LogP contribution in [0.2, 0.25) is 0 Å². The van der Waals surface area contributed by atoms with Crippen molar-refractivity contribution in [1.82, 2.24) is 14.5 Å². The van der Waals surface area contributed by atoms with Crippen molar-refractivity contribution in [1.29, 1.82) is 0 Å². The molecular formula is C23H27N3O2. The van der Waals surface area contributed by atoms with Crippen LogP contribution in [0.25, 0.3) is 11.0 Å². The summed E-state index contributed by atoms with van der Waals surface area (Å²) in [6.45, 7) is 4.01. The molecule has 3 aromatic rings. The minimum absolute atomic E-state index is 0.172. The summed E-state index contributed by atoms with van der Waals surface area (Å²) in [4.78, 5) is 20.0. The lowest BCUT2D eigenvalue weighted by Crippen LogP contribution is -2.37. The number of rotatable bonds is 5. The molecule has 1 amide bonds. The second-order valence-electron chi connectivity index (χ2n) is 7.40. The SMILES string of the molecule is C[C@@H](C(=O)N1CCCCCC1)n1c(COc2ccccc2)nc2ccccc21. The largest absolute Gasteiger partial charge is 0.486 e. The predicted octanol–water partition coefficient (Wildman–Crippen LogP) is 4.58. The summed E-state index contributed by atoms with van der Waals surface area (Å²) in [6, 6.07) is 17.4. The van der Waals surface area contributed by atoms with E-state index in [4.69, 9.17) is 9.72 Å². The Bertz CT molecular complexity index is 927. The van der Waals surface area contributed by atoms with E-state index >= 15 is 0 Å². The van der Waals surface area contributed by atoms with E-state index in [1.165, 1.54) is 12.8 Å². The van der Waals surface area contributed by atoms with Crippen LogP contribution >= 0.6 is 0 Å². The number of para-hydroxylation sites is 3. The second-order valence-corrected chi connectivity index (χ2v) is 7.40. The summed E-state index contributed by atoms with van der Waals surface area (Å²) in [6.07, 6.45) is 4.60. The van der Waals surface area contributed by atoms with Crippen molar-refractivity contribution in [2.45, 2.75) is 45.3 Å². The van der Waals surface area contributed by atoms with Gasteiger partial charge in [-0.25, -0.2) is 4.98 Å². The second kappa shape index (κ2) is 8.46. The van der Waals surface area contributed by atoms with E-state index in [9.17, 15) is 4.79 Å². The Morgan fingerprint density at radius 2 is 1.68 bits per heavy atom. The molecule has 0 aliphatic carbocycles. The molecule has 0 radical (unpaired) electrons. The Kier molecular flexibility index (Phi) is 5.60. The van der Waals surface area contributed by atoms with E-state index in [0.717, 1.165) is 48.5 Å². The highest BCUT2D eigenvalue weighted by Gasteiger charge is 2.26. The average Bonchev–Trinajstić information content (AvgIpc) is 2.89. The molecular weight excluding hydrogens is 350 g/mol. The molecule has 1 saturated heterocycles. The number of imidazole rings is 1. The van der Waals surface area contributed by atoms with Gasteiger partial charge in [0.15, 0.2) is 0 Å². The van der Waals surface area contributed by atoms with Gasteiger partial charge in [0.25, 0.3) is 0 Å². The molecule has 0 bridgehead atoms. The zero-order chi connectivity index (χ0) is 19.3. The average molecular weight is 377 g/mol. The standard InChI is InChI=1S/C23H27N3O2/c1-18(23(27)25-15-9-2-3-10-16-25)26-21-14-8-7-13-20(21)24-22(26)17-28-19-11-5-4-6-12-19/h4-8,11-14,18H,2-3,9-10,15-17H2,1H3/t18-/m0/s1. The van der Waals surface area contributed by atoms with Gasteiger partial charge in [0.05, 0.1) is 11.0 Å². The zero-order valence-electron chi connectivity index (χ0n) is 16.4. The van der Waals surface area contributed by atoms with E-state index in [0.29, 0.717) is 6.61 Å². The lowest BCUT2D eigenvalue weighted by atomic mass is 10.2. The molecule has 2 aromatic carbocycles. The number of hydrogen-bond donors (Lipinski definition) is 0. The first-order chi connectivity index (χ1) is 13.7. The normalized spacial score (nSPS) is 16.0. The Balaban J connectivity index is 1.63. The van der Waals surface area contributed by atoms with E-state index in [1.807, 2.05) is 71.0 Å². The van der Waals surface area contributed by atoms with Gasteiger partial charge < -0.3 is 14.2 Å². The van der Waals surface area contributed by atoms with Crippen LogP contribution in [0.4, 0.5) is 0 Å². The summed E-state index contributed by atoms with van der Waals surface area (Å²) in [5.41, 5.74) is 1.87. The minimum Gasteiger partial charge on any atom is -0.486 e. The summed E-state index contributed by atoms with van der Waals surface area (Å²) in [5.74, 6) is 1.75. The highest BCUT2D eigenvalue weighted by atomic mass is 16.5. The molecule has 1 aliphatic heterocycles. The van der Waals surface area contributed by atoms with Crippen molar-refractivity contribution >= 4 is 16.9 Å². The Morgan fingerprint density at radius 3 is 2.43 bits per heavy atom. The monoisotopic (exact) mass is 377 g/mol. The van der Waals surface area contributed by atoms with Crippen molar-refractivity contribution in [3.8, 4) is 5.75 Å². The Labute approximate surface area is 165 Å². The van der Waals surface area contributed by atoms with Gasteiger partial charge in [-0.1, -0.05) is 43.2 Å². The van der Waals surface area contributed by atoms with Gasteiger partial charge in [-0.3, -0.25) is 4.79 Å². The molecule has 1 aliphatic rings. The molecule has 0 saturated carbocycles. The van der Waals surface area contributed by atoms with Gasteiger partial charge in [0.2, 0.25) is 5.91 Å². The number of hydrogen-bond acceptors (Lipinski definition) is 3. The first-order valence-corrected chi connectivity index (χ1v) is 10.2. The van der Waals surface area contributed by atoms with Crippen LogP contribution in [-0.4, -0.2) is 33.4 Å². The van der Waals surface area contributed by atoms with Gasteiger partial charge in [-0.15, -0.1) is 0 Å². The lowest BCUT2D eigenvalue weighted by molar-refractivity contribution is -0.134. The molecule has 28 heavy (non-hydrogen) atoms. The maximum absolute atomic E-state index is 13.3. The summed E-state index contributed by atoms with van der Waals surface area (Å²) >= 11 is 0. The molecule has 1 fully saturated rings. The molecule has 146 valence electrons. The van der Waals surface area contributed by atoms with E-state index in [-0.39, 0.29) is 11.9 Å². The fourth-order valence-corrected chi connectivity index (χ4v) is 3.96. The number of nitrogens with zero attached hydrogens (tertiary/aromatic N) is 3. The Morgan fingerprint density at radius 1 is 1.00 bits per heavy atom. The van der Waals surface area contributed by atoms with Crippen LogP contribution < -0.4 is 4.74 Å². The highest BCUT2D eigenvalue weighted by Crippen LogP contribution is 2.25. The topological polar surface area (TPSA) is 47.4 Å². The number of fused-ring (bicyclic) bond motifs is 1. The molecule has 0 spiro atoms. The molecule has 2 heterocycles. The highest BCUT2D eigenvalue weighted by molar-refractivity contribution is 5.84. The number of aromatic nitrogens is 2. The van der Waals surface area contributed by atoms with Crippen molar-refractivity contribution in [3.05, 3.63) is 60.4 Å².